The quantitative estimate of drug-likeness (QED) is 0.761. The molecular weight excluding hydrogens is 264 g/mol. The van der Waals surface area contributed by atoms with Gasteiger partial charge >= 0.3 is 0 Å². The van der Waals surface area contributed by atoms with E-state index < -0.39 is 0 Å². The van der Waals surface area contributed by atoms with E-state index >= 15 is 0 Å². The maximum absolute atomic E-state index is 12.0. The molecule has 0 radical (unpaired) electrons. The van der Waals surface area contributed by atoms with Gasteiger partial charge in [0.05, 0.1) is 11.0 Å². The van der Waals surface area contributed by atoms with E-state index in [1.165, 1.54) is 5.56 Å². The Kier molecular flexibility index (Phi) is 3.39. The first-order chi connectivity index (χ1) is 10.1. The number of aryl methyl sites for hydroxylation is 2. The molecule has 0 saturated carbocycles. The summed E-state index contributed by atoms with van der Waals surface area (Å²) >= 11 is 0. The number of benzene rings is 1. The van der Waals surface area contributed by atoms with E-state index in [9.17, 15) is 4.79 Å². The Morgan fingerprint density at radius 2 is 2.05 bits per heavy atom. The fraction of sp³-hybridized carbons (Fsp3) is 0.188. The number of nitrogens with zero attached hydrogens (tertiary/aromatic N) is 3. The Balaban J connectivity index is 1.95. The highest BCUT2D eigenvalue weighted by Crippen LogP contribution is 2.02. The van der Waals surface area contributed by atoms with Crippen molar-refractivity contribution in [3.63, 3.8) is 0 Å². The average molecular weight is 280 g/mol. The predicted molar refractivity (Wildman–Crippen MR) is 81.9 cm³/mol. The van der Waals surface area contributed by atoms with Crippen molar-refractivity contribution in [3.05, 3.63) is 62.6 Å². The fourth-order valence-corrected chi connectivity index (χ4v) is 2.22. The molecule has 3 rings (SSSR count). The van der Waals surface area contributed by atoms with E-state index in [0.29, 0.717) is 16.6 Å². The number of hydrogen-bond acceptors (Lipinski definition) is 3. The number of rotatable bonds is 3. The highest BCUT2D eigenvalue weighted by atomic mass is 16.1. The van der Waals surface area contributed by atoms with Crippen LogP contribution in [0.25, 0.3) is 18.6 Å². The molecule has 0 atom stereocenters. The molecule has 0 aliphatic carbocycles. The van der Waals surface area contributed by atoms with Gasteiger partial charge in [-0.05, 0) is 25.3 Å². The van der Waals surface area contributed by atoms with Crippen molar-refractivity contribution in [2.75, 3.05) is 0 Å². The first-order valence-corrected chi connectivity index (χ1v) is 6.83. The monoisotopic (exact) mass is 280 g/mol. The van der Waals surface area contributed by atoms with Gasteiger partial charge in [0.25, 0.3) is 11.5 Å². The van der Waals surface area contributed by atoms with Gasteiger partial charge in [0, 0.05) is 0 Å². The Morgan fingerprint density at radius 3 is 2.81 bits per heavy atom. The van der Waals surface area contributed by atoms with Gasteiger partial charge in [-0.25, -0.2) is 9.67 Å². The van der Waals surface area contributed by atoms with Crippen LogP contribution in [-0.2, 0) is 6.42 Å². The van der Waals surface area contributed by atoms with Crippen molar-refractivity contribution < 1.29 is 0 Å². The minimum Gasteiger partial charge on any atom is -0.290 e. The normalized spacial score (nSPS) is 12.1. The number of fused-ring (bicyclic) bond motifs is 1. The molecule has 21 heavy (non-hydrogen) atoms. The number of H-pyrrole nitrogens is 1. The molecule has 0 aromatic heterocycles. The van der Waals surface area contributed by atoms with E-state index in [1.54, 1.807) is 4.68 Å². The summed E-state index contributed by atoms with van der Waals surface area (Å²) in [7, 11) is 0. The summed E-state index contributed by atoms with van der Waals surface area (Å²) in [5.41, 5.74) is 1.71. The van der Waals surface area contributed by atoms with Crippen molar-refractivity contribution in [3.8, 4) is 5.95 Å². The molecule has 106 valence electrons. The minimum atomic E-state index is -0.267. The zero-order chi connectivity index (χ0) is 14.8. The molecule has 1 N–H and O–H groups in total. The SMILES string of the molecule is C=c1[nH]n2/c(=C/CCc3ccccc3)c(=O)nc-2nc1C. The Bertz CT molecular complexity index is 892. The standard InChI is InChI=1S/C16H16N4O/c1-11-12(2)19-20-14(15(21)18-16(20)17-11)10-6-9-13-7-4-3-5-8-13/h3-5,7-8,10,19H,2,6,9H2,1H3/b14-10+. The van der Waals surface area contributed by atoms with Gasteiger partial charge in [0.2, 0.25) is 0 Å². The molecule has 2 aliphatic heterocycles. The first kappa shape index (κ1) is 13.3. The van der Waals surface area contributed by atoms with Crippen LogP contribution in [0.3, 0.4) is 0 Å². The third-order valence-corrected chi connectivity index (χ3v) is 3.43. The van der Waals surface area contributed by atoms with Crippen LogP contribution in [0, 0.1) is 6.92 Å². The Morgan fingerprint density at radius 1 is 1.29 bits per heavy atom. The van der Waals surface area contributed by atoms with Gasteiger partial charge < -0.3 is 0 Å². The average Bonchev–Trinajstić information content (AvgIpc) is 2.76. The molecule has 0 saturated heterocycles. The number of imidazole rings is 1. The van der Waals surface area contributed by atoms with Crippen molar-refractivity contribution in [1.29, 1.82) is 0 Å². The van der Waals surface area contributed by atoms with Crippen LogP contribution >= 0.6 is 0 Å². The summed E-state index contributed by atoms with van der Waals surface area (Å²) in [6.07, 6.45) is 3.54. The van der Waals surface area contributed by atoms with E-state index in [2.05, 4.69) is 33.8 Å². The minimum absolute atomic E-state index is 0.267. The Hall–Kier alpha value is -2.69. The second-order valence-corrected chi connectivity index (χ2v) is 4.95. The maximum atomic E-state index is 12.0. The van der Waals surface area contributed by atoms with Crippen LogP contribution in [0.4, 0.5) is 0 Å². The lowest BCUT2D eigenvalue weighted by atomic mass is 10.1. The molecule has 0 amide bonds. The van der Waals surface area contributed by atoms with E-state index in [0.717, 1.165) is 18.5 Å². The lowest BCUT2D eigenvalue weighted by molar-refractivity contribution is 0.744. The second-order valence-electron chi connectivity index (χ2n) is 4.95. The summed E-state index contributed by atoms with van der Waals surface area (Å²) in [6, 6.07) is 10.2. The van der Waals surface area contributed by atoms with Gasteiger partial charge in [-0.3, -0.25) is 9.89 Å². The second kappa shape index (κ2) is 5.36. The molecule has 0 unspecified atom stereocenters. The smallest absolute Gasteiger partial charge is 0.290 e. The number of hydrogen-bond donors (Lipinski definition) is 1. The van der Waals surface area contributed by atoms with Crippen molar-refractivity contribution >= 4 is 12.7 Å². The molecule has 0 bridgehead atoms. The van der Waals surface area contributed by atoms with Gasteiger partial charge in [-0.2, -0.15) is 4.98 Å². The van der Waals surface area contributed by atoms with Gasteiger partial charge in [0.1, 0.15) is 5.35 Å². The molecular formula is C16H16N4O. The van der Waals surface area contributed by atoms with Crippen LogP contribution in [0.1, 0.15) is 17.7 Å². The van der Waals surface area contributed by atoms with Crippen molar-refractivity contribution in [2.24, 2.45) is 0 Å². The number of aromatic nitrogens is 4. The molecule has 5 heteroatoms. The fourth-order valence-electron chi connectivity index (χ4n) is 2.22. The lowest BCUT2D eigenvalue weighted by Crippen LogP contribution is -2.32. The van der Waals surface area contributed by atoms with Crippen molar-refractivity contribution in [2.45, 2.75) is 19.8 Å². The molecule has 5 nitrogen and oxygen atoms in total. The molecule has 2 aliphatic rings. The zero-order valence-electron chi connectivity index (χ0n) is 11.8. The maximum Gasteiger partial charge on any atom is 0.298 e. The first-order valence-electron chi connectivity index (χ1n) is 6.83. The van der Waals surface area contributed by atoms with Crippen LogP contribution in [-0.4, -0.2) is 19.7 Å². The van der Waals surface area contributed by atoms with E-state index in [-0.39, 0.29) is 5.56 Å². The Labute approximate surface area is 121 Å². The van der Waals surface area contributed by atoms with Gasteiger partial charge in [-0.1, -0.05) is 43.0 Å². The highest BCUT2D eigenvalue weighted by Gasteiger charge is 2.10. The number of nitrogens with one attached hydrogen (secondary N) is 1. The third-order valence-electron chi connectivity index (χ3n) is 3.43. The lowest BCUT2D eigenvalue weighted by Gasteiger charge is -2.03. The summed E-state index contributed by atoms with van der Waals surface area (Å²) in [4.78, 5) is 20.2. The number of aromatic amines is 1. The molecule has 1 aromatic rings. The molecule has 2 heterocycles. The summed E-state index contributed by atoms with van der Waals surface area (Å²) < 4.78 is 1.60. The van der Waals surface area contributed by atoms with Gasteiger partial charge in [0.15, 0.2) is 0 Å². The summed E-state index contributed by atoms with van der Waals surface area (Å²) in [6.45, 7) is 5.70. The van der Waals surface area contributed by atoms with Crippen LogP contribution in [0.15, 0.2) is 35.1 Å². The largest absolute Gasteiger partial charge is 0.298 e. The highest BCUT2D eigenvalue weighted by molar-refractivity contribution is 5.27. The van der Waals surface area contributed by atoms with Crippen molar-refractivity contribution in [1.82, 2.24) is 19.7 Å². The van der Waals surface area contributed by atoms with E-state index in [4.69, 9.17) is 0 Å². The predicted octanol–water partition coefficient (Wildman–Crippen LogP) is 0.525. The third kappa shape index (κ3) is 2.63. The van der Waals surface area contributed by atoms with Crippen LogP contribution in [0.2, 0.25) is 0 Å². The van der Waals surface area contributed by atoms with Gasteiger partial charge in [-0.15, -0.1) is 0 Å². The molecule has 0 fully saturated rings. The topological polar surface area (TPSA) is 63.6 Å². The molecule has 0 spiro atoms. The van der Waals surface area contributed by atoms with Crippen LogP contribution in [0.5, 0.6) is 0 Å². The summed E-state index contributed by atoms with van der Waals surface area (Å²) in [5, 5.41) is 4.24. The zero-order valence-corrected chi connectivity index (χ0v) is 11.8. The summed E-state index contributed by atoms with van der Waals surface area (Å²) in [5.74, 6) is 0.385. The van der Waals surface area contributed by atoms with E-state index in [1.807, 2.05) is 31.2 Å². The van der Waals surface area contributed by atoms with Crippen LogP contribution < -0.4 is 16.3 Å². The molecule has 1 aromatic carbocycles.